The predicted molar refractivity (Wildman–Crippen MR) is 80.0 cm³/mol. The Bertz CT molecular complexity index is 517. The first-order valence-corrected chi connectivity index (χ1v) is 7.32. The molecule has 0 radical (unpaired) electrons. The Morgan fingerprint density at radius 1 is 1.42 bits per heavy atom. The third-order valence-corrected chi connectivity index (χ3v) is 4.81. The van der Waals surface area contributed by atoms with Crippen LogP contribution in [0.15, 0.2) is 24.3 Å². The topological polar surface area (TPSA) is 66.4 Å². The zero-order valence-corrected chi connectivity index (χ0v) is 12.8. The Labute approximate surface area is 125 Å². The third kappa shape index (κ3) is 2.75. The fraction of sp³-hybridized carbons (Fsp3) is 0.429. The molecule has 1 aromatic carbocycles. The fourth-order valence-electron chi connectivity index (χ4n) is 2.53. The number of aliphatic carboxylic acids is 1. The van der Waals surface area contributed by atoms with Gasteiger partial charge in [0.2, 0.25) is 0 Å². The second kappa shape index (κ2) is 5.48. The Morgan fingerprint density at radius 3 is 2.74 bits per heavy atom. The van der Waals surface area contributed by atoms with Gasteiger partial charge >= 0.3 is 5.97 Å². The molecule has 0 heterocycles. The molecule has 2 unspecified atom stereocenters. The molecule has 0 aliphatic heterocycles. The molecular formula is C14H16INO3. The summed E-state index contributed by atoms with van der Waals surface area (Å²) in [5.41, 5.74) is -0.252. The van der Waals surface area contributed by atoms with E-state index in [1.165, 1.54) is 0 Å². The molecule has 1 amide bonds. The number of hydrogen-bond donors (Lipinski definition) is 2. The number of nitrogens with one attached hydrogen (secondary N) is 1. The second-order valence-electron chi connectivity index (χ2n) is 5.12. The first kappa shape index (κ1) is 14.3. The molecule has 0 aromatic heterocycles. The highest BCUT2D eigenvalue weighted by atomic mass is 127. The van der Waals surface area contributed by atoms with Crippen LogP contribution in [0.2, 0.25) is 0 Å². The summed E-state index contributed by atoms with van der Waals surface area (Å²) in [5, 5.41) is 12.2. The monoisotopic (exact) mass is 373 g/mol. The van der Waals surface area contributed by atoms with Gasteiger partial charge in [-0.1, -0.05) is 18.6 Å². The third-order valence-electron chi connectivity index (χ3n) is 3.87. The van der Waals surface area contributed by atoms with E-state index in [1.54, 1.807) is 13.0 Å². The highest BCUT2D eigenvalue weighted by Crippen LogP contribution is 2.38. The van der Waals surface area contributed by atoms with Crippen LogP contribution in [-0.4, -0.2) is 23.0 Å². The molecule has 19 heavy (non-hydrogen) atoms. The van der Waals surface area contributed by atoms with E-state index >= 15 is 0 Å². The molecule has 0 bridgehead atoms. The van der Waals surface area contributed by atoms with E-state index in [4.69, 9.17) is 0 Å². The summed E-state index contributed by atoms with van der Waals surface area (Å²) in [7, 11) is 0. The smallest absolute Gasteiger partial charge is 0.311 e. The van der Waals surface area contributed by atoms with Gasteiger partial charge in [-0.2, -0.15) is 0 Å². The van der Waals surface area contributed by atoms with Crippen LogP contribution in [0.4, 0.5) is 0 Å². The van der Waals surface area contributed by atoms with Crippen molar-refractivity contribution in [1.29, 1.82) is 0 Å². The van der Waals surface area contributed by atoms with Gasteiger partial charge in [-0.05, 0) is 54.5 Å². The van der Waals surface area contributed by atoms with Gasteiger partial charge in [-0.15, -0.1) is 0 Å². The van der Waals surface area contributed by atoms with Crippen molar-refractivity contribution in [1.82, 2.24) is 5.32 Å². The zero-order valence-electron chi connectivity index (χ0n) is 10.6. The van der Waals surface area contributed by atoms with Crippen molar-refractivity contribution in [3.8, 4) is 0 Å². The lowest BCUT2D eigenvalue weighted by molar-refractivity contribution is -0.148. The van der Waals surface area contributed by atoms with Crippen LogP contribution >= 0.6 is 22.6 Å². The minimum atomic E-state index is -0.851. The molecule has 1 saturated carbocycles. The maximum absolute atomic E-state index is 12.2. The number of halogens is 1. The maximum atomic E-state index is 12.2. The number of hydrogen-bond acceptors (Lipinski definition) is 2. The van der Waals surface area contributed by atoms with Crippen LogP contribution in [0.5, 0.6) is 0 Å². The number of carboxylic acids is 1. The van der Waals surface area contributed by atoms with Crippen LogP contribution in [0, 0.1) is 8.99 Å². The molecule has 1 fully saturated rings. The molecular weight excluding hydrogens is 357 g/mol. The van der Waals surface area contributed by atoms with Gasteiger partial charge < -0.3 is 10.4 Å². The van der Waals surface area contributed by atoms with E-state index in [9.17, 15) is 14.7 Å². The fourth-order valence-corrected chi connectivity index (χ4v) is 3.17. The Hall–Kier alpha value is -1.11. The largest absolute Gasteiger partial charge is 0.481 e. The zero-order chi connectivity index (χ0) is 14.0. The van der Waals surface area contributed by atoms with Crippen LogP contribution < -0.4 is 5.32 Å². The van der Waals surface area contributed by atoms with E-state index < -0.39 is 11.4 Å². The first-order chi connectivity index (χ1) is 8.95. The summed E-state index contributed by atoms with van der Waals surface area (Å²) in [4.78, 5) is 23.6. The van der Waals surface area contributed by atoms with Crippen LogP contribution in [-0.2, 0) is 4.79 Å². The van der Waals surface area contributed by atoms with Crippen LogP contribution in [0.3, 0.4) is 0 Å². The van der Waals surface area contributed by atoms with Crippen molar-refractivity contribution in [3.05, 3.63) is 33.4 Å². The van der Waals surface area contributed by atoms with Crippen molar-refractivity contribution < 1.29 is 14.7 Å². The van der Waals surface area contributed by atoms with Crippen molar-refractivity contribution in [2.24, 2.45) is 5.41 Å². The number of rotatable bonds is 3. The minimum absolute atomic E-state index is 0.190. The average molecular weight is 373 g/mol. The van der Waals surface area contributed by atoms with Gasteiger partial charge in [0, 0.05) is 9.61 Å². The van der Waals surface area contributed by atoms with Gasteiger partial charge in [-0.3, -0.25) is 9.59 Å². The average Bonchev–Trinajstić information content (AvgIpc) is 2.73. The van der Waals surface area contributed by atoms with Gasteiger partial charge in [0.25, 0.3) is 5.91 Å². The molecule has 1 aromatic rings. The summed E-state index contributed by atoms with van der Waals surface area (Å²) in [6.45, 7) is 1.71. The van der Waals surface area contributed by atoms with Crippen molar-refractivity contribution in [3.63, 3.8) is 0 Å². The lowest BCUT2D eigenvalue weighted by atomic mass is 9.85. The van der Waals surface area contributed by atoms with Gasteiger partial charge in [0.1, 0.15) is 0 Å². The molecule has 2 N–H and O–H groups in total. The van der Waals surface area contributed by atoms with Crippen LogP contribution in [0.25, 0.3) is 0 Å². The number of carbonyl (C=O) groups is 2. The summed E-state index contributed by atoms with van der Waals surface area (Å²) in [6, 6.07) is 7.00. The van der Waals surface area contributed by atoms with E-state index in [0.29, 0.717) is 12.0 Å². The molecule has 1 aliphatic rings. The van der Waals surface area contributed by atoms with Crippen molar-refractivity contribution in [2.45, 2.75) is 32.2 Å². The molecule has 0 spiro atoms. The van der Waals surface area contributed by atoms with Gasteiger partial charge in [-0.25, -0.2) is 0 Å². The van der Waals surface area contributed by atoms with Crippen LogP contribution in [0.1, 0.15) is 36.5 Å². The Kier molecular flexibility index (Phi) is 4.13. The lowest BCUT2D eigenvalue weighted by Crippen LogP contribution is -2.47. The van der Waals surface area contributed by atoms with E-state index in [-0.39, 0.29) is 11.9 Å². The van der Waals surface area contributed by atoms with Crippen molar-refractivity contribution in [2.75, 3.05) is 0 Å². The molecule has 0 saturated heterocycles. The van der Waals surface area contributed by atoms with E-state index in [2.05, 4.69) is 27.9 Å². The normalized spacial score (nSPS) is 26.1. The summed E-state index contributed by atoms with van der Waals surface area (Å²) >= 11 is 2.11. The molecule has 5 heteroatoms. The number of amides is 1. The minimum Gasteiger partial charge on any atom is -0.481 e. The lowest BCUT2D eigenvalue weighted by Gasteiger charge is -2.27. The molecule has 2 rings (SSSR count). The Balaban J connectivity index is 2.16. The quantitative estimate of drug-likeness (QED) is 0.801. The standard InChI is InChI=1S/C14H16INO3/c1-14(13(18)19)8-4-7-11(14)16-12(17)9-5-2-3-6-10(9)15/h2-3,5-6,11H,4,7-8H2,1H3,(H,16,17)(H,18,19). The maximum Gasteiger partial charge on any atom is 0.311 e. The number of carboxylic acid groups (broad SMARTS) is 1. The second-order valence-corrected chi connectivity index (χ2v) is 6.28. The SMILES string of the molecule is CC1(C(=O)O)CCCC1NC(=O)c1ccccc1I. The molecule has 2 atom stereocenters. The highest BCUT2D eigenvalue weighted by Gasteiger charge is 2.45. The van der Waals surface area contributed by atoms with Gasteiger partial charge in [0.15, 0.2) is 0 Å². The summed E-state index contributed by atoms with van der Waals surface area (Å²) < 4.78 is 0.868. The molecule has 102 valence electrons. The number of benzene rings is 1. The number of carbonyl (C=O) groups excluding carboxylic acids is 1. The summed E-state index contributed by atoms with van der Waals surface area (Å²) in [5.74, 6) is -1.03. The van der Waals surface area contributed by atoms with E-state index in [0.717, 1.165) is 16.4 Å². The first-order valence-electron chi connectivity index (χ1n) is 6.24. The summed E-state index contributed by atoms with van der Waals surface area (Å²) in [6.07, 6.45) is 2.16. The van der Waals surface area contributed by atoms with E-state index in [1.807, 2.05) is 18.2 Å². The van der Waals surface area contributed by atoms with Crippen molar-refractivity contribution >= 4 is 34.5 Å². The molecule has 1 aliphatic carbocycles. The highest BCUT2D eigenvalue weighted by molar-refractivity contribution is 14.1. The Morgan fingerprint density at radius 2 is 2.11 bits per heavy atom. The van der Waals surface area contributed by atoms with Gasteiger partial charge in [0.05, 0.1) is 11.0 Å². The predicted octanol–water partition coefficient (Wildman–Crippen LogP) is 2.66. The molecule has 4 nitrogen and oxygen atoms in total.